The fraction of sp³-hybridized carbons (Fsp3) is 0.773. The highest BCUT2D eigenvalue weighted by molar-refractivity contribution is 5.71. The number of allylic oxidation sites excluding steroid dienone is 14. The van der Waals surface area contributed by atoms with E-state index in [2.05, 4.69) is 106 Å². The minimum atomic E-state index is -0.776. The lowest BCUT2D eigenvalue weighted by atomic mass is 10.0. The standard InChI is InChI=1S/C75H132O6/c1-4-7-10-13-16-19-22-25-28-31-32-33-34-35-36-37-38-39-40-41-42-43-44-45-48-50-53-56-59-62-65-68-74(77)80-71-72(81-75(78)69-66-63-60-57-54-51-47-30-27-24-21-18-15-12-9-6-3)70-79-73(76)67-64-61-58-55-52-49-46-29-26-23-20-17-14-11-8-5-2/h7,10,16,19,25,28,32-33,35-36,38-39,41-42,72H,4-6,8-9,11-15,17-18,20-24,26-27,29-31,34,37,40,43-71H2,1-3H3/b10-7-,19-16-,28-25-,33-32-,36-35-,39-38-,42-41-. The number of carbonyl (C=O) groups excluding carboxylic acids is 3. The quantitative estimate of drug-likeness (QED) is 0.0261. The summed E-state index contributed by atoms with van der Waals surface area (Å²) < 4.78 is 17.0. The van der Waals surface area contributed by atoms with Crippen LogP contribution < -0.4 is 0 Å². The van der Waals surface area contributed by atoms with Gasteiger partial charge in [-0.2, -0.15) is 0 Å². The second-order valence-electron chi connectivity index (χ2n) is 23.4. The van der Waals surface area contributed by atoms with Crippen LogP contribution in [0, 0.1) is 0 Å². The molecule has 0 bridgehead atoms. The Labute approximate surface area is 503 Å². The molecule has 6 nitrogen and oxygen atoms in total. The van der Waals surface area contributed by atoms with Gasteiger partial charge in [0.25, 0.3) is 0 Å². The molecule has 0 aromatic heterocycles. The van der Waals surface area contributed by atoms with Crippen molar-refractivity contribution in [3.8, 4) is 0 Å². The summed E-state index contributed by atoms with van der Waals surface area (Å²) in [6.07, 6.45) is 91.7. The minimum absolute atomic E-state index is 0.0720. The predicted octanol–water partition coefficient (Wildman–Crippen LogP) is 24.2. The maximum atomic E-state index is 12.9. The Kier molecular flexibility index (Phi) is 66.2. The Bertz CT molecular complexity index is 1530. The Morgan fingerprint density at radius 1 is 0.259 bits per heavy atom. The number of hydrogen-bond acceptors (Lipinski definition) is 6. The van der Waals surface area contributed by atoms with Crippen molar-refractivity contribution in [1.29, 1.82) is 0 Å². The summed E-state index contributed by atoms with van der Waals surface area (Å²) >= 11 is 0. The Morgan fingerprint density at radius 2 is 0.481 bits per heavy atom. The number of rotatable bonds is 64. The number of ether oxygens (including phenoxy) is 3. The summed E-state index contributed by atoms with van der Waals surface area (Å²) in [5, 5.41) is 0. The number of unbranched alkanes of at least 4 members (excludes halogenated alkanes) is 39. The van der Waals surface area contributed by atoms with Gasteiger partial charge < -0.3 is 14.2 Å². The zero-order valence-electron chi connectivity index (χ0n) is 53.8. The van der Waals surface area contributed by atoms with Crippen molar-refractivity contribution in [2.75, 3.05) is 13.2 Å². The predicted molar refractivity (Wildman–Crippen MR) is 353 cm³/mol. The van der Waals surface area contributed by atoms with E-state index in [1.165, 1.54) is 205 Å². The Hall–Kier alpha value is -3.41. The molecule has 1 unspecified atom stereocenters. The summed E-state index contributed by atoms with van der Waals surface area (Å²) in [5.41, 5.74) is 0. The van der Waals surface area contributed by atoms with Crippen LogP contribution in [0.5, 0.6) is 0 Å². The summed E-state index contributed by atoms with van der Waals surface area (Å²) in [6.45, 7) is 6.58. The highest BCUT2D eigenvalue weighted by Gasteiger charge is 2.19. The number of hydrogen-bond donors (Lipinski definition) is 0. The lowest BCUT2D eigenvalue weighted by Gasteiger charge is -2.18. The smallest absolute Gasteiger partial charge is 0.306 e. The van der Waals surface area contributed by atoms with Crippen LogP contribution in [0.25, 0.3) is 0 Å². The van der Waals surface area contributed by atoms with Gasteiger partial charge in [0, 0.05) is 19.3 Å². The lowest BCUT2D eigenvalue weighted by molar-refractivity contribution is -0.167. The van der Waals surface area contributed by atoms with E-state index in [0.717, 1.165) is 109 Å². The van der Waals surface area contributed by atoms with E-state index in [0.29, 0.717) is 19.3 Å². The molecule has 6 heteroatoms. The maximum absolute atomic E-state index is 12.9. The third kappa shape index (κ3) is 67.3. The van der Waals surface area contributed by atoms with Crippen LogP contribution >= 0.6 is 0 Å². The van der Waals surface area contributed by atoms with Crippen LogP contribution in [0.4, 0.5) is 0 Å². The molecule has 0 aliphatic rings. The molecule has 0 saturated heterocycles. The van der Waals surface area contributed by atoms with Gasteiger partial charge >= 0.3 is 17.9 Å². The first-order valence-electron chi connectivity index (χ1n) is 35.1. The highest BCUT2D eigenvalue weighted by Crippen LogP contribution is 2.18. The van der Waals surface area contributed by atoms with Crippen LogP contribution in [-0.2, 0) is 28.6 Å². The molecule has 0 fully saturated rings. The first kappa shape index (κ1) is 77.6. The zero-order valence-corrected chi connectivity index (χ0v) is 53.8. The normalized spacial score (nSPS) is 12.6. The molecule has 0 aliphatic heterocycles. The molecular formula is C75H132O6. The van der Waals surface area contributed by atoms with Crippen molar-refractivity contribution >= 4 is 17.9 Å². The Balaban J connectivity index is 4.27. The largest absolute Gasteiger partial charge is 0.462 e. The summed E-state index contributed by atoms with van der Waals surface area (Å²) in [5.74, 6) is -0.856. The van der Waals surface area contributed by atoms with Crippen molar-refractivity contribution in [3.05, 3.63) is 85.1 Å². The van der Waals surface area contributed by atoms with Crippen LogP contribution in [0.2, 0.25) is 0 Å². The van der Waals surface area contributed by atoms with E-state index in [1.54, 1.807) is 0 Å². The third-order valence-electron chi connectivity index (χ3n) is 15.4. The van der Waals surface area contributed by atoms with Gasteiger partial charge in [0.1, 0.15) is 13.2 Å². The van der Waals surface area contributed by atoms with Crippen LogP contribution in [-0.4, -0.2) is 37.2 Å². The maximum Gasteiger partial charge on any atom is 0.306 e. The monoisotopic (exact) mass is 1130 g/mol. The Morgan fingerprint density at radius 3 is 0.753 bits per heavy atom. The van der Waals surface area contributed by atoms with Gasteiger partial charge in [-0.1, -0.05) is 343 Å². The van der Waals surface area contributed by atoms with E-state index < -0.39 is 6.10 Å². The van der Waals surface area contributed by atoms with Crippen molar-refractivity contribution in [1.82, 2.24) is 0 Å². The fourth-order valence-corrected chi connectivity index (χ4v) is 10.2. The molecule has 0 aliphatic carbocycles. The van der Waals surface area contributed by atoms with Gasteiger partial charge in [-0.05, 0) is 77.0 Å². The average Bonchev–Trinajstić information content (AvgIpc) is 3.47. The van der Waals surface area contributed by atoms with Gasteiger partial charge in [0.2, 0.25) is 0 Å². The number of esters is 3. The molecular weight excluding hydrogens is 997 g/mol. The summed E-state index contributed by atoms with van der Waals surface area (Å²) in [6, 6.07) is 0. The first-order chi connectivity index (χ1) is 40.0. The van der Waals surface area contributed by atoms with Crippen molar-refractivity contribution in [3.63, 3.8) is 0 Å². The van der Waals surface area contributed by atoms with E-state index in [1.807, 2.05) is 0 Å². The second-order valence-corrected chi connectivity index (χ2v) is 23.4. The van der Waals surface area contributed by atoms with Crippen LogP contribution in [0.15, 0.2) is 85.1 Å². The molecule has 0 saturated carbocycles. The van der Waals surface area contributed by atoms with Gasteiger partial charge in [0.15, 0.2) is 6.10 Å². The minimum Gasteiger partial charge on any atom is -0.462 e. The SMILES string of the molecule is CC/C=C\C/C=C\C/C=C\C/C=C\C/C=C\C/C=C\C/C=C\CCCCCCCCCCCC(=O)OCC(COC(=O)CCCCCCCCCCCCCCCCCC)OC(=O)CCCCCCCCCCCCCCCCCC. The molecule has 81 heavy (non-hydrogen) atoms. The van der Waals surface area contributed by atoms with E-state index in [-0.39, 0.29) is 31.1 Å². The first-order valence-corrected chi connectivity index (χ1v) is 35.1. The van der Waals surface area contributed by atoms with Crippen molar-refractivity contribution in [2.24, 2.45) is 0 Å². The molecule has 0 N–H and O–H groups in total. The van der Waals surface area contributed by atoms with Crippen LogP contribution in [0.3, 0.4) is 0 Å². The molecule has 0 radical (unpaired) electrons. The van der Waals surface area contributed by atoms with Crippen molar-refractivity contribution < 1.29 is 28.6 Å². The average molecular weight is 1130 g/mol. The van der Waals surface area contributed by atoms with Gasteiger partial charge in [-0.15, -0.1) is 0 Å². The molecule has 0 rings (SSSR count). The van der Waals surface area contributed by atoms with E-state index >= 15 is 0 Å². The molecule has 0 spiro atoms. The number of carbonyl (C=O) groups is 3. The molecule has 0 heterocycles. The molecule has 0 aromatic rings. The van der Waals surface area contributed by atoms with E-state index in [9.17, 15) is 14.4 Å². The van der Waals surface area contributed by atoms with Gasteiger partial charge in [-0.3, -0.25) is 14.4 Å². The summed E-state index contributed by atoms with van der Waals surface area (Å²) in [4.78, 5) is 38.4. The van der Waals surface area contributed by atoms with E-state index in [4.69, 9.17) is 14.2 Å². The van der Waals surface area contributed by atoms with Gasteiger partial charge in [-0.25, -0.2) is 0 Å². The summed E-state index contributed by atoms with van der Waals surface area (Å²) in [7, 11) is 0. The lowest BCUT2D eigenvalue weighted by Crippen LogP contribution is -2.30. The third-order valence-corrected chi connectivity index (χ3v) is 15.4. The van der Waals surface area contributed by atoms with Crippen LogP contribution in [0.1, 0.15) is 355 Å². The highest BCUT2D eigenvalue weighted by atomic mass is 16.6. The molecule has 468 valence electrons. The fourth-order valence-electron chi connectivity index (χ4n) is 10.2. The van der Waals surface area contributed by atoms with Gasteiger partial charge in [0.05, 0.1) is 0 Å². The second kappa shape index (κ2) is 69.1. The topological polar surface area (TPSA) is 78.9 Å². The molecule has 0 amide bonds. The molecule has 0 aromatic carbocycles. The molecule has 1 atom stereocenters. The zero-order chi connectivity index (χ0) is 58.5. The van der Waals surface area contributed by atoms with Crippen molar-refractivity contribution in [2.45, 2.75) is 361 Å².